The molecule has 4 atom stereocenters. The number of carbonyl (C=O) groups excluding carboxylic acids is 1. The van der Waals surface area contributed by atoms with Crippen molar-refractivity contribution in [2.24, 2.45) is 11.8 Å². The fourth-order valence-corrected chi connectivity index (χ4v) is 4.91. The van der Waals surface area contributed by atoms with E-state index in [2.05, 4.69) is 14.9 Å². The van der Waals surface area contributed by atoms with E-state index in [1.54, 1.807) is 24.4 Å². The highest BCUT2D eigenvalue weighted by Crippen LogP contribution is 2.43. The average Bonchev–Trinajstić information content (AvgIpc) is 3.25. The summed E-state index contributed by atoms with van der Waals surface area (Å²) in [5, 5.41) is 3.10. The predicted octanol–water partition coefficient (Wildman–Crippen LogP) is 3.53. The van der Waals surface area contributed by atoms with E-state index in [4.69, 9.17) is 4.74 Å². The standard InChI is InChI=1S/C22H27FN4O2/c1-14-24-8-9-27(14)19-10-15-12-26(22(28)25-17-6-7-17)13-16(15)11-21(19)29-20-5-3-2-4-18(20)23/h2-5,8-9,15-17,19,21H,6-7,10-13H2,1H3,(H,25,28)/t15-,16+,19-,21-/m0/s1. The molecule has 3 aliphatic rings. The van der Waals surface area contributed by atoms with E-state index in [1.165, 1.54) is 6.07 Å². The molecule has 1 aromatic carbocycles. The normalized spacial score (nSPS) is 28.8. The minimum absolute atomic E-state index is 0.0591. The van der Waals surface area contributed by atoms with Gasteiger partial charge < -0.3 is 19.5 Å². The summed E-state index contributed by atoms with van der Waals surface area (Å²) in [5.74, 6) is 1.67. The first-order chi connectivity index (χ1) is 14.1. The van der Waals surface area contributed by atoms with Crippen LogP contribution in [0.4, 0.5) is 9.18 Å². The van der Waals surface area contributed by atoms with Crippen LogP contribution in [-0.4, -0.2) is 45.7 Å². The third-order valence-corrected chi connectivity index (χ3v) is 6.61. The van der Waals surface area contributed by atoms with Crippen LogP contribution in [-0.2, 0) is 0 Å². The summed E-state index contributed by atoms with van der Waals surface area (Å²) in [4.78, 5) is 18.9. The Morgan fingerprint density at radius 3 is 2.66 bits per heavy atom. The number of likely N-dealkylation sites (tertiary alicyclic amines) is 1. The molecule has 6 nitrogen and oxygen atoms in total. The zero-order chi connectivity index (χ0) is 20.0. The lowest BCUT2D eigenvalue weighted by Crippen LogP contribution is -2.40. The maximum Gasteiger partial charge on any atom is 0.317 e. The minimum atomic E-state index is -0.340. The highest BCUT2D eigenvalue weighted by molar-refractivity contribution is 5.75. The minimum Gasteiger partial charge on any atom is -0.485 e. The van der Waals surface area contributed by atoms with Crippen LogP contribution in [0.25, 0.3) is 0 Å². The maximum absolute atomic E-state index is 14.3. The maximum atomic E-state index is 14.3. The quantitative estimate of drug-likeness (QED) is 0.857. The van der Waals surface area contributed by atoms with Crippen LogP contribution in [0.15, 0.2) is 36.7 Å². The van der Waals surface area contributed by atoms with Crippen LogP contribution in [0, 0.1) is 24.6 Å². The first kappa shape index (κ1) is 18.5. The van der Waals surface area contributed by atoms with Crippen LogP contribution >= 0.6 is 0 Å². The number of halogens is 1. The van der Waals surface area contributed by atoms with Gasteiger partial charge >= 0.3 is 6.03 Å². The van der Waals surface area contributed by atoms with Gasteiger partial charge in [-0.2, -0.15) is 0 Å². The van der Waals surface area contributed by atoms with Gasteiger partial charge in [0.15, 0.2) is 11.6 Å². The summed E-state index contributed by atoms with van der Waals surface area (Å²) in [5.41, 5.74) is 0. The molecule has 5 rings (SSSR count). The summed E-state index contributed by atoms with van der Waals surface area (Å²) in [6.07, 6.45) is 7.49. The van der Waals surface area contributed by atoms with Crippen LogP contribution in [0.3, 0.4) is 0 Å². The van der Waals surface area contributed by atoms with Gasteiger partial charge in [0.25, 0.3) is 0 Å². The second kappa shape index (κ2) is 7.35. The summed E-state index contributed by atoms with van der Waals surface area (Å²) in [6.45, 7) is 3.51. The van der Waals surface area contributed by atoms with Crippen molar-refractivity contribution in [1.29, 1.82) is 0 Å². The first-order valence-electron chi connectivity index (χ1n) is 10.5. The number of hydrogen-bond acceptors (Lipinski definition) is 3. The number of carbonyl (C=O) groups is 1. The molecule has 2 saturated carbocycles. The van der Waals surface area contributed by atoms with E-state index in [-0.39, 0.29) is 24.0 Å². The summed E-state index contributed by atoms with van der Waals surface area (Å²) >= 11 is 0. The van der Waals surface area contributed by atoms with E-state index in [0.29, 0.717) is 23.6 Å². The third-order valence-electron chi connectivity index (χ3n) is 6.61. The van der Waals surface area contributed by atoms with Gasteiger partial charge in [0.05, 0.1) is 6.04 Å². The molecular formula is C22H27FN4O2. The predicted molar refractivity (Wildman–Crippen MR) is 106 cm³/mol. The molecular weight excluding hydrogens is 371 g/mol. The number of imidazole rings is 1. The van der Waals surface area contributed by atoms with Crippen molar-refractivity contribution in [3.8, 4) is 5.75 Å². The highest BCUT2D eigenvalue weighted by Gasteiger charge is 2.45. The topological polar surface area (TPSA) is 59.4 Å². The summed E-state index contributed by atoms with van der Waals surface area (Å²) in [6, 6.07) is 7.07. The number of benzene rings is 1. The van der Waals surface area contributed by atoms with Gasteiger partial charge in [0, 0.05) is 31.5 Å². The van der Waals surface area contributed by atoms with Crippen molar-refractivity contribution in [2.45, 2.75) is 50.8 Å². The molecule has 7 heteroatoms. The lowest BCUT2D eigenvalue weighted by Gasteiger charge is -2.39. The van der Waals surface area contributed by atoms with Gasteiger partial charge in [-0.1, -0.05) is 12.1 Å². The zero-order valence-electron chi connectivity index (χ0n) is 16.6. The number of amides is 2. The van der Waals surface area contributed by atoms with Crippen LogP contribution in [0.2, 0.25) is 0 Å². The van der Waals surface area contributed by atoms with E-state index in [0.717, 1.165) is 44.6 Å². The Morgan fingerprint density at radius 1 is 1.21 bits per heavy atom. The molecule has 2 aliphatic carbocycles. The van der Waals surface area contributed by atoms with Gasteiger partial charge in [0.1, 0.15) is 11.9 Å². The van der Waals surface area contributed by atoms with Crippen molar-refractivity contribution in [1.82, 2.24) is 19.8 Å². The molecule has 1 aliphatic heterocycles. The number of nitrogens with one attached hydrogen (secondary N) is 1. The largest absolute Gasteiger partial charge is 0.485 e. The number of para-hydroxylation sites is 1. The molecule has 1 N–H and O–H groups in total. The number of aromatic nitrogens is 2. The molecule has 1 saturated heterocycles. The van der Waals surface area contributed by atoms with Crippen LogP contribution in [0.1, 0.15) is 37.5 Å². The fourth-order valence-electron chi connectivity index (χ4n) is 4.91. The van der Waals surface area contributed by atoms with E-state index >= 15 is 0 Å². The molecule has 1 aromatic heterocycles. The lowest BCUT2D eigenvalue weighted by molar-refractivity contribution is 0.0509. The number of ether oxygens (including phenoxy) is 1. The third kappa shape index (κ3) is 3.70. The van der Waals surface area contributed by atoms with Crippen LogP contribution < -0.4 is 10.1 Å². The van der Waals surface area contributed by atoms with Crippen molar-refractivity contribution in [2.75, 3.05) is 13.1 Å². The lowest BCUT2D eigenvalue weighted by atomic mass is 9.77. The van der Waals surface area contributed by atoms with E-state index in [9.17, 15) is 9.18 Å². The van der Waals surface area contributed by atoms with Crippen molar-refractivity contribution < 1.29 is 13.9 Å². The molecule has 3 fully saturated rings. The molecule has 0 unspecified atom stereocenters. The Hall–Kier alpha value is -2.57. The van der Waals surface area contributed by atoms with Crippen molar-refractivity contribution in [3.05, 3.63) is 48.3 Å². The Morgan fingerprint density at radius 2 is 1.97 bits per heavy atom. The summed E-state index contributed by atoms with van der Waals surface area (Å²) < 4.78 is 22.6. The zero-order valence-corrected chi connectivity index (χ0v) is 16.6. The monoisotopic (exact) mass is 398 g/mol. The summed E-state index contributed by atoms with van der Waals surface area (Å²) in [7, 11) is 0. The number of nitrogens with zero attached hydrogens (tertiary/aromatic N) is 3. The van der Waals surface area contributed by atoms with Crippen molar-refractivity contribution in [3.63, 3.8) is 0 Å². The number of urea groups is 1. The first-order valence-corrected chi connectivity index (χ1v) is 10.5. The Kier molecular flexibility index (Phi) is 4.68. The number of fused-ring (bicyclic) bond motifs is 1. The SMILES string of the molecule is Cc1nccn1[C@H]1C[C@H]2CN(C(=O)NC3CC3)C[C@H]2C[C@@H]1Oc1ccccc1F. The second-order valence-corrected chi connectivity index (χ2v) is 8.66. The average molecular weight is 398 g/mol. The van der Waals surface area contributed by atoms with E-state index < -0.39 is 0 Å². The van der Waals surface area contributed by atoms with Gasteiger partial charge in [0.2, 0.25) is 0 Å². The fraction of sp³-hybridized carbons (Fsp3) is 0.545. The number of hydrogen-bond donors (Lipinski definition) is 1. The Bertz CT molecular complexity index is 896. The second-order valence-electron chi connectivity index (χ2n) is 8.66. The van der Waals surface area contributed by atoms with Gasteiger partial charge in [-0.15, -0.1) is 0 Å². The molecule has 154 valence electrons. The molecule has 0 radical (unpaired) electrons. The molecule has 2 aromatic rings. The Labute approximate surface area is 170 Å². The van der Waals surface area contributed by atoms with Crippen molar-refractivity contribution >= 4 is 6.03 Å². The molecule has 2 amide bonds. The molecule has 2 heterocycles. The van der Waals surface area contributed by atoms with Gasteiger partial charge in [-0.3, -0.25) is 0 Å². The Balaban J connectivity index is 1.36. The molecule has 0 spiro atoms. The smallest absolute Gasteiger partial charge is 0.317 e. The van der Waals surface area contributed by atoms with Gasteiger partial charge in [-0.05, 0) is 56.6 Å². The highest BCUT2D eigenvalue weighted by atomic mass is 19.1. The van der Waals surface area contributed by atoms with Crippen LogP contribution in [0.5, 0.6) is 5.75 Å². The number of aryl methyl sites for hydroxylation is 1. The molecule has 0 bridgehead atoms. The number of rotatable bonds is 4. The van der Waals surface area contributed by atoms with E-state index in [1.807, 2.05) is 18.0 Å². The molecule has 29 heavy (non-hydrogen) atoms. The van der Waals surface area contributed by atoms with Gasteiger partial charge in [-0.25, -0.2) is 14.2 Å².